The van der Waals surface area contributed by atoms with Crippen molar-refractivity contribution in [2.75, 3.05) is 39.3 Å². The topological polar surface area (TPSA) is 53.4 Å². The van der Waals surface area contributed by atoms with E-state index in [2.05, 4.69) is 41.7 Å². The number of aromatic nitrogens is 2. The van der Waals surface area contributed by atoms with Gasteiger partial charge < -0.3 is 10.2 Å². The molecule has 0 aromatic carbocycles. The highest BCUT2D eigenvalue weighted by Gasteiger charge is 2.35. The summed E-state index contributed by atoms with van der Waals surface area (Å²) >= 11 is 0. The average molecular weight is 345 g/mol. The van der Waals surface area contributed by atoms with Gasteiger partial charge in [0.1, 0.15) is 0 Å². The molecule has 1 aromatic rings. The maximum atomic E-state index is 13.0. The Bertz CT molecular complexity index is 637. The van der Waals surface area contributed by atoms with Crippen LogP contribution in [-0.2, 0) is 5.54 Å². The van der Waals surface area contributed by atoms with E-state index in [4.69, 9.17) is 5.10 Å². The molecule has 25 heavy (non-hydrogen) atoms. The lowest BCUT2D eigenvalue weighted by Crippen LogP contribution is -2.49. The van der Waals surface area contributed by atoms with Crippen LogP contribution in [0.4, 0.5) is 0 Å². The van der Waals surface area contributed by atoms with E-state index in [-0.39, 0.29) is 11.4 Å². The number of carbonyl (C=O) groups is 1. The van der Waals surface area contributed by atoms with E-state index in [0.717, 1.165) is 45.7 Å². The maximum Gasteiger partial charge on any atom is 0.274 e. The molecular formula is C19H31N5O. The van der Waals surface area contributed by atoms with Gasteiger partial charge in [0.15, 0.2) is 5.69 Å². The highest BCUT2D eigenvalue weighted by Crippen LogP contribution is 2.41. The van der Waals surface area contributed by atoms with Crippen molar-refractivity contribution in [1.82, 2.24) is 24.9 Å². The Morgan fingerprint density at radius 2 is 1.88 bits per heavy atom. The summed E-state index contributed by atoms with van der Waals surface area (Å²) in [5.74, 6) is 0.711. The molecule has 0 bridgehead atoms. The molecule has 2 saturated heterocycles. The maximum absolute atomic E-state index is 13.0. The average Bonchev–Trinajstić information content (AvgIpc) is 3.14. The molecule has 3 heterocycles. The second kappa shape index (κ2) is 6.40. The Morgan fingerprint density at radius 3 is 2.52 bits per heavy atom. The lowest BCUT2D eigenvalue weighted by molar-refractivity contribution is 0.0766. The van der Waals surface area contributed by atoms with Gasteiger partial charge in [-0.15, -0.1) is 0 Å². The molecule has 1 atom stereocenters. The molecule has 1 amide bonds. The van der Waals surface area contributed by atoms with Gasteiger partial charge in [-0.1, -0.05) is 0 Å². The quantitative estimate of drug-likeness (QED) is 0.905. The van der Waals surface area contributed by atoms with Crippen molar-refractivity contribution in [3.05, 3.63) is 17.5 Å². The fourth-order valence-electron chi connectivity index (χ4n) is 4.14. The summed E-state index contributed by atoms with van der Waals surface area (Å²) in [4.78, 5) is 17.6. The highest BCUT2D eigenvalue weighted by atomic mass is 16.2. The molecule has 1 unspecified atom stereocenters. The molecular weight excluding hydrogens is 314 g/mol. The number of rotatable bonds is 3. The van der Waals surface area contributed by atoms with Gasteiger partial charge in [-0.2, -0.15) is 5.10 Å². The molecule has 1 aliphatic carbocycles. The zero-order valence-corrected chi connectivity index (χ0v) is 15.8. The predicted molar refractivity (Wildman–Crippen MR) is 97.9 cm³/mol. The van der Waals surface area contributed by atoms with Gasteiger partial charge in [-0.3, -0.25) is 14.4 Å². The lowest BCUT2D eigenvalue weighted by atomic mass is 10.1. The number of piperazine rings is 1. The minimum Gasteiger partial charge on any atom is -0.336 e. The van der Waals surface area contributed by atoms with E-state index in [1.807, 2.05) is 4.90 Å². The number of likely N-dealkylation sites (tertiary alicyclic amines) is 1. The fourth-order valence-corrected chi connectivity index (χ4v) is 4.14. The predicted octanol–water partition coefficient (Wildman–Crippen LogP) is 1.64. The first-order valence-electron chi connectivity index (χ1n) is 9.78. The van der Waals surface area contributed by atoms with Gasteiger partial charge >= 0.3 is 0 Å². The van der Waals surface area contributed by atoms with Gasteiger partial charge in [-0.05, 0) is 46.1 Å². The number of hydrogen-bond acceptors (Lipinski definition) is 4. The van der Waals surface area contributed by atoms with E-state index >= 15 is 0 Å². The summed E-state index contributed by atoms with van der Waals surface area (Å²) in [5, 5.41) is 8.13. The highest BCUT2D eigenvalue weighted by molar-refractivity contribution is 5.92. The van der Waals surface area contributed by atoms with Crippen molar-refractivity contribution in [2.45, 2.75) is 57.5 Å². The molecule has 6 heteroatoms. The lowest BCUT2D eigenvalue weighted by Gasteiger charge is -2.32. The summed E-state index contributed by atoms with van der Waals surface area (Å²) in [6, 6.07) is 2.57. The number of nitrogens with one attached hydrogen (secondary N) is 1. The smallest absolute Gasteiger partial charge is 0.274 e. The summed E-state index contributed by atoms with van der Waals surface area (Å²) in [5.41, 5.74) is 1.80. The van der Waals surface area contributed by atoms with Gasteiger partial charge in [0.2, 0.25) is 0 Å². The molecule has 0 radical (unpaired) electrons. The molecule has 1 aromatic heterocycles. The number of hydrogen-bond donors (Lipinski definition) is 1. The van der Waals surface area contributed by atoms with Crippen LogP contribution in [0, 0.1) is 0 Å². The van der Waals surface area contributed by atoms with Gasteiger partial charge in [0.25, 0.3) is 5.91 Å². The van der Waals surface area contributed by atoms with E-state index in [9.17, 15) is 4.79 Å². The van der Waals surface area contributed by atoms with Gasteiger partial charge in [-0.25, -0.2) is 0 Å². The van der Waals surface area contributed by atoms with Crippen molar-refractivity contribution in [1.29, 1.82) is 0 Å². The first-order chi connectivity index (χ1) is 11.9. The molecule has 138 valence electrons. The van der Waals surface area contributed by atoms with Crippen LogP contribution in [0.2, 0.25) is 0 Å². The molecule has 4 rings (SSSR count). The third kappa shape index (κ3) is 3.47. The van der Waals surface area contributed by atoms with Crippen molar-refractivity contribution < 1.29 is 4.79 Å². The number of amides is 1. The molecule has 1 N–H and O–H groups in total. The molecule has 6 nitrogen and oxygen atoms in total. The van der Waals surface area contributed by atoms with E-state index in [1.54, 1.807) is 0 Å². The van der Waals surface area contributed by atoms with E-state index in [1.165, 1.54) is 18.5 Å². The molecule has 1 saturated carbocycles. The minimum atomic E-state index is -0.0786. The Balaban J connectivity index is 1.48. The van der Waals surface area contributed by atoms with Crippen LogP contribution in [0.25, 0.3) is 0 Å². The Kier molecular flexibility index (Phi) is 4.36. The Hall–Kier alpha value is -1.40. The summed E-state index contributed by atoms with van der Waals surface area (Å²) < 4.78 is 2.09. The van der Waals surface area contributed by atoms with Gasteiger partial charge in [0, 0.05) is 56.9 Å². The van der Waals surface area contributed by atoms with Crippen LogP contribution in [0.3, 0.4) is 0 Å². The molecule has 3 aliphatic rings. The SMILES string of the molecule is CC(C)(C)n1nc(C(=O)N2CCC(N3CCNCC3)C2)cc1C1CC1. The van der Waals surface area contributed by atoms with Crippen molar-refractivity contribution in [3.63, 3.8) is 0 Å². The zero-order chi connectivity index (χ0) is 17.6. The second-order valence-corrected chi connectivity index (χ2v) is 8.79. The largest absolute Gasteiger partial charge is 0.336 e. The standard InChI is InChI=1S/C19H31N5O/c1-19(2,3)24-17(14-4-5-14)12-16(21-24)18(25)23-9-6-15(13-23)22-10-7-20-8-11-22/h12,14-15,20H,4-11,13H2,1-3H3. The Labute approximate surface area is 150 Å². The van der Waals surface area contributed by atoms with Gasteiger partial charge in [0.05, 0.1) is 5.54 Å². The van der Waals surface area contributed by atoms with Crippen molar-refractivity contribution in [3.8, 4) is 0 Å². The molecule has 2 aliphatic heterocycles. The van der Waals surface area contributed by atoms with Crippen LogP contribution in [0.15, 0.2) is 6.07 Å². The third-order valence-electron chi connectivity index (χ3n) is 5.71. The number of carbonyl (C=O) groups excluding carboxylic acids is 1. The normalized spacial score (nSPS) is 25.6. The van der Waals surface area contributed by atoms with Crippen LogP contribution < -0.4 is 5.32 Å². The fraction of sp³-hybridized carbons (Fsp3) is 0.789. The minimum absolute atomic E-state index is 0.0786. The Morgan fingerprint density at radius 1 is 1.16 bits per heavy atom. The summed E-state index contributed by atoms with van der Waals surface area (Å²) in [7, 11) is 0. The van der Waals surface area contributed by atoms with Crippen molar-refractivity contribution in [2.24, 2.45) is 0 Å². The molecule has 0 spiro atoms. The van der Waals surface area contributed by atoms with Crippen molar-refractivity contribution >= 4 is 5.91 Å². The van der Waals surface area contributed by atoms with E-state index < -0.39 is 0 Å². The first kappa shape index (κ1) is 17.0. The van der Waals surface area contributed by atoms with Crippen LogP contribution >= 0.6 is 0 Å². The summed E-state index contributed by atoms with van der Waals surface area (Å²) in [6.45, 7) is 12.5. The monoisotopic (exact) mass is 345 g/mol. The van der Waals surface area contributed by atoms with Crippen LogP contribution in [0.5, 0.6) is 0 Å². The second-order valence-electron chi connectivity index (χ2n) is 8.79. The molecule has 3 fully saturated rings. The summed E-state index contributed by atoms with van der Waals surface area (Å²) in [6.07, 6.45) is 3.54. The van der Waals surface area contributed by atoms with Crippen LogP contribution in [-0.4, -0.2) is 70.8 Å². The van der Waals surface area contributed by atoms with E-state index in [0.29, 0.717) is 17.7 Å². The zero-order valence-electron chi connectivity index (χ0n) is 15.8. The number of nitrogens with zero attached hydrogens (tertiary/aromatic N) is 4. The van der Waals surface area contributed by atoms with Crippen LogP contribution in [0.1, 0.15) is 62.1 Å². The third-order valence-corrected chi connectivity index (χ3v) is 5.71. The first-order valence-corrected chi connectivity index (χ1v) is 9.78.